The zero-order valence-electron chi connectivity index (χ0n) is 9.44. The molecule has 0 saturated carbocycles. The molecule has 1 aromatic rings. The van der Waals surface area contributed by atoms with E-state index >= 15 is 0 Å². The predicted octanol–water partition coefficient (Wildman–Crippen LogP) is 2.62. The monoisotopic (exact) mass is 259 g/mol. The molecule has 0 unspecified atom stereocenters. The minimum atomic E-state index is -4.37. The molecule has 1 aliphatic rings. The molecule has 2 rings (SSSR count). The van der Waals surface area contributed by atoms with Crippen LogP contribution in [0.1, 0.15) is 12.0 Å². The predicted molar refractivity (Wildman–Crippen MR) is 59.4 cm³/mol. The van der Waals surface area contributed by atoms with Crippen LogP contribution in [-0.2, 0) is 11.0 Å². The average Bonchev–Trinajstić information content (AvgIpc) is 2.77. The lowest BCUT2D eigenvalue weighted by Crippen LogP contribution is -2.23. The summed E-state index contributed by atoms with van der Waals surface area (Å²) in [6.07, 6.45) is -3.91. The van der Waals surface area contributed by atoms with Gasteiger partial charge in [-0.1, -0.05) is 6.07 Å². The molecule has 6 heteroatoms. The Bertz CT molecular complexity index is 459. The summed E-state index contributed by atoms with van der Waals surface area (Å²) in [6.45, 7) is 0.731. The summed E-state index contributed by atoms with van der Waals surface area (Å²) >= 11 is 0. The van der Waals surface area contributed by atoms with Crippen LogP contribution in [0.3, 0.4) is 0 Å². The van der Waals surface area contributed by atoms with Gasteiger partial charge in [-0.15, -0.1) is 0 Å². The van der Waals surface area contributed by atoms with Gasteiger partial charge in [0.1, 0.15) is 0 Å². The highest BCUT2D eigenvalue weighted by molar-refractivity contribution is 5.72. The lowest BCUT2D eigenvalue weighted by atomic mass is 10.1. The van der Waals surface area contributed by atoms with E-state index in [-0.39, 0.29) is 6.54 Å². The van der Waals surface area contributed by atoms with Crippen LogP contribution in [0.2, 0.25) is 0 Å². The number of anilines is 1. The first-order valence-corrected chi connectivity index (χ1v) is 5.53. The highest BCUT2D eigenvalue weighted by Gasteiger charge is 2.32. The number of alkyl halides is 3. The Balaban J connectivity index is 2.18. The molecule has 1 heterocycles. The molecule has 98 valence electrons. The summed E-state index contributed by atoms with van der Waals surface area (Å²) in [4.78, 5) is 12.5. The van der Waals surface area contributed by atoms with Crippen molar-refractivity contribution in [1.82, 2.24) is 0 Å². The van der Waals surface area contributed by atoms with Crippen molar-refractivity contribution in [3.63, 3.8) is 0 Å². The molecular weight excluding hydrogens is 247 g/mol. The fraction of sp³-hybridized carbons (Fsp3) is 0.417. The number of carbonyl (C=O) groups is 1. The van der Waals surface area contributed by atoms with E-state index in [1.54, 1.807) is 11.0 Å². The molecule has 0 spiro atoms. The van der Waals surface area contributed by atoms with E-state index < -0.39 is 23.6 Å². The third kappa shape index (κ3) is 2.57. The van der Waals surface area contributed by atoms with Crippen molar-refractivity contribution in [2.24, 2.45) is 5.92 Å². The van der Waals surface area contributed by atoms with Gasteiger partial charge >= 0.3 is 12.1 Å². The summed E-state index contributed by atoms with van der Waals surface area (Å²) in [5, 5.41) is 8.86. The van der Waals surface area contributed by atoms with Crippen LogP contribution in [0.4, 0.5) is 18.9 Å². The number of nitrogens with zero attached hydrogens (tertiary/aromatic N) is 1. The topological polar surface area (TPSA) is 40.5 Å². The van der Waals surface area contributed by atoms with Gasteiger partial charge in [-0.2, -0.15) is 13.2 Å². The minimum absolute atomic E-state index is 0.261. The third-order valence-electron chi connectivity index (χ3n) is 3.08. The second kappa shape index (κ2) is 4.51. The van der Waals surface area contributed by atoms with Crippen LogP contribution in [0.15, 0.2) is 24.3 Å². The van der Waals surface area contributed by atoms with Gasteiger partial charge in [0.15, 0.2) is 0 Å². The van der Waals surface area contributed by atoms with Crippen LogP contribution < -0.4 is 4.90 Å². The molecule has 1 fully saturated rings. The number of hydrogen-bond acceptors (Lipinski definition) is 2. The standard InChI is InChI=1S/C12H12F3NO2/c13-12(14,15)9-2-1-3-10(6-9)16-5-4-8(7-16)11(17)18/h1-3,6,8H,4-5,7H2,(H,17,18)/t8-/m0/s1. The number of halogens is 3. The van der Waals surface area contributed by atoms with Gasteiger partial charge in [-0.05, 0) is 24.6 Å². The molecule has 1 atom stereocenters. The van der Waals surface area contributed by atoms with Crippen LogP contribution in [0.5, 0.6) is 0 Å². The van der Waals surface area contributed by atoms with Crippen LogP contribution in [-0.4, -0.2) is 24.2 Å². The number of aliphatic carboxylic acids is 1. The highest BCUT2D eigenvalue weighted by Crippen LogP contribution is 2.33. The molecule has 0 amide bonds. The van der Waals surface area contributed by atoms with Gasteiger partial charge in [0, 0.05) is 18.8 Å². The summed E-state index contributed by atoms with van der Waals surface area (Å²) < 4.78 is 37.6. The second-order valence-corrected chi connectivity index (χ2v) is 4.32. The molecule has 0 aliphatic carbocycles. The van der Waals surface area contributed by atoms with Crippen molar-refractivity contribution in [2.45, 2.75) is 12.6 Å². The summed E-state index contributed by atoms with van der Waals surface area (Å²) in [6, 6.07) is 4.98. The van der Waals surface area contributed by atoms with Crippen molar-refractivity contribution in [2.75, 3.05) is 18.0 Å². The van der Waals surface area contributed by atoms with Gasteiger partial charge in [0.2, 0.25) is 0 Å². The maximum Gasteiger partial charge on any atom is 0.416 e. The van der Waals surface area contributed by atoms with Crippen LogP contribution in [0, 0.1) is 5.92 Å². The van der Waals surface area contributed by atoms with E-state index in [2.05, 4.69) is 0 Å². The fourth-order valence-electron chi connectivity index (χ4n) is 2.08. The van der Waals surface area contributed by atoms with Crippen molar-refractivity contribution in [3.8, 4) is 0 Å². The minimum Gasteiger partial charge on any atom is -0.481 e. The SMILES string of the molecule is O=C(O)[C@H]1CCN(c2cccc(C(F)(F)F)c2)C1. The third-order valence-corrected chi connectivity index (χ3v) is 3.08. The Morgan fingerprint density at radius 3 is 2.67 bits per heavy atom. The molecule has 18 heavy (non-hydrogen) atoms. The van der Waals surface area contributed by atoms with Gasteiger partial charge in [-0.3, -0.25) is 4.79 Å². The number of carboxylic acids is 1. The van der Waals surface area contributed by atoms with Crippen LogP contribution >= 0.6 is 0 Å². The van der Waals surface area contributed by atoms with Gasteiger partial charge in [0.05, 0.1) is 11.5 Å². The van der Waals surface area contributed by atoms with Gasteiger partial charge in [0.25, 0.3) is 0 Å². The normalized spacial score (nSPS) is 20.2. The van der Waals surface area contributed by atoms with Crippen molar-refractivity contribution < 1.29 is 23.1 Å². The first-order chi connectivity index (χ1) is 8.38. The summed E-state index contributed by atoms with van der Waals surface area (Å²) in [5.74, 6) is -1.40. The molecule has 0 bridgehead atoms. The molecule has 1 aliphatic heterocycles. The van der Waals surface area contributed by atoms with Gasteiger partial charge in [-0.25, -0.2) is 0 Å². The van der Waals surface area contributed by atoms with Crippen molar-refractivity contribution >= 4 is 11.7 Å². The number of hydrogen-bond donors (Lipinski definition) is 1. The Morgan fingerprint density at radius 1 is 1.39 bits per heavy atom. The second-order valence-electron chi connectivity index (χ2n) is 4.32. The van der Waals surface area contributed by atoms with E-state index in [1.807, 2.05) is 0 Å². The average molecular weight is 259 g/mol. The Hall–Kier alpha value is -1.72. The first-order valence-electron chi connectivity index (χ1n) is 5.53. The number of benzene rings is 1. The molecule has 0 aromatic heterocycles. The number of rotatable bonds is 2. The van der Waals surface area contributed by atoms with Crippen molar-refractivity contribution in [3.05, 3.63) is 29.8 Å². The largest absolute Gasteiger partial charge is 0.481 e. The molecule has 1 saturated heterocycles. The number of carboxylic acid groups (broad SMARTS) is 1. The van der Waals surface area contributed by atoms with E-state index in [9.17, 15) is 18.0 Å². The maximum absolute atomic E-state index is 12.5. The zero-order chi connectivity index (χ0) is 13.3. The first kappa shape index (κ1) is 12.7. The molecular formula is C12H12F3NO2. The lowest BCUT2D eigenvalue weighted by molar-refractivity contribution is -0.141. The van der Waals surface area contributed by atoms with Gasteiger partial charge < -0.3 is 10.0 Å². The quantitative estimate of drug-likeness (QED) is 0.887. The maximum atomic E-state index is 12.5. The molecule has 3 nitrogen and oxygen atoms in total. The Morgan fingerprint density at radius 2 is 2.11 bits per heavy atom. The fourth-order valence-corrected chi connectivity index (χ4v) is 2.08. The Kier molecular flexibility index (Phi) is 3.19. The molecule has 1 N–H and O–H groups in total. The van der Waals surface area contributed by atoms with Crippen LogP contribution in [0.25, 0.3) is 0 Å². The highest BCUT2D eigenvalue weighted by atomic mass is 19.4. The smallest absolute Gasteiger partial charge is 0.416 e. The summed E-state index contributed by atoms with van der Waals surface area (Å²) in [5.41, 5.74) is -0.285. The van der Waals surface area contributed by atoms with E-state index in [0.717, 1.165) is 12.1 Å². The zero-order valence-corrected chi connectivity index (χ0v) is 9.44. The molecule has 1 aromatic carbocycles. The van der Waals surface area contributed by atoms with Crippen molar-refractivity contribution in [1.29, 1.82) is 0 Å². The van der Waals surface area contributed by atoms with E-state index in [1.165, 1.54) is 6.07 Å². The van der Waals surface area contributed by atoms with E-state index in [0.29, 0.717) is 18.7 Å². The molecule has 0 radical (unpaired) electrons. The Labute approximate surface area is 102 Å². The van der Waals surface area contributed by atoms with E-state index in [4.69, 9.17) is 5.11 Å². The summed E-state index contributed by atoms with van der Waals surface area (Å²) in [7, 11) is 0. The lowest BCUT2D eigenvalue weighted by Gasteiger charge is -2.19.